The van der Waals surface area contributed by atoms with E-state index in [2.05, 4.69) is 25.4 Å². The molecule has 0 unspecified atom stereocenters. The summed E-state index contributed by atoms with van der Waals surface area (Å²) >= 11 is 0. The number of fused-ring (bicyclic) bond motifs is 1. The van der Waals surface area contributed by atoms with Gasteiger partial charge in [-0.15, -0.1) is 0 Å². The predicted octanol–water partition coefficient (Wildman–Crippen LogP) is 3.55. The van der Waals surface area contributed by atoms with Crippen LogP contribution in [0, 0.1) is 12.7 Å². The second-order valence-electron chi connectivity index (χ2n) is 7.52. The van der Waals surface area contributed by atoms with Gasteiger partial charge >= 0.3 is 0 Å². The van der Waals surface area contributed by atoms with Crippen molar-refractivity contribution in [2.24, 2.45) is 5.10 Å². The van der Waals surface area contributed by atoms with Crippen LogP contribution in [-0.4, -0.2) is 52.0 Å². The third-order valence-corrected chi connectivity index (χ3v) is 5.19. The van der Waals surface area contributed by atoms with Gasteiger partial charge in [0.1, 0.15) is 12.1 Å². The van der Waals surface area contributed by atoms with Crippen LogP contribution in [0.15, 0.2) is 60.0 Å². The Morgan fingerprint density at radius 2 is 1.94 bits per heavy atom. The van der Waals surface area contributed by atoms with Gasteiger partial charge in [-0.25, -0.2) is 9.37 Å². The molecule has 0 aliphatic carbocycles. The molecule has 0 atom stereocenters. The lowest BCUT2D eigenvalue weighted by Crippen LogP contribution is -2.37. The molecule has 1 fully saturated rings. The van der Waals surface area contributed by atoms with Gasteiger partial charge in [0, 0.05) is 13.1 Å². The van der Waals surface area contributed by atoms with Crippen LogP contribution in [0.5, 0.6) is 0 Å². The third-order valence-electron chi connectivity index (χ3n) is 5.19. The van der Waals surface area contributed by atoms with Crippen LogP contribution >= 0.6 is 0 Å². The third kappa shape index (κ3) is 4.15. The molecule has 2 aromatic heterocycles. The van der Waals surface area contributed by atoms with Crippen LogP contribution in [0.3, 0.4) is 0 Å². The van der Waals surface area contributed by atoms with Crippen molar-refractivity contribution in [2.75, 3.05) is 36.6 Å². The van der Waals surface area contributed by atoms with E-state index in [0.717, 1.165) is 11.1 Å². The van der Waals surface area contributed by atoms with E-state index in [9.17, 15) is 4.39 Å². The molecular weight excluding hydrogens is 409 g/mol. The average Bonchev–Trinajstić information content (AvgIpc) is 3.24. The Morgan fingerprint density at radius 3 is 2.75 bits per heavy atom. The number of aryl methyl sites for hydroxylation is 1. The molecule has 1 N–H and O–H groups in total. The molecule has 4 aromatic rings. The van der Waals surface area contributed by atoms with Crippen LogP contribution in [0.2, 0.25) is 0 Å². The number of nitrogens with zero attached hydrogens (tertiary/aromatic N) is 6. The van der Waals surface area contributed by atoms with Crippen molar-refractivity contribution in [3.63, 3.8) is 0 Å². The SMILES string of the molecule is Cc1cccc(/C=N/Nc2nc(N3CCOCC3)nc3c2ncn3-c2cccc(F)c2)c1. The molecule has 32 heavy (non-hydrogen) atoms. The highest BCUT2D eigenvalue weighted by molar-refractivity contribution is 5.87. The highest BCUT2D eigenvalue weighted by atomic mass is 19.1. The fourth-order valence-electron chi connectivity index (χ4n) is 3.60. The van der Waals surface area contributed by atoms with E-state index in [4.69, 9.17) is 9.72 Å². The summed E-state index contributed by atoms with van der Waals surface area (Å²) in [6, 6.07) is 14.4. The maximum Gasteiger partial charge on any atom is 0.229 e. The number of halogens is 1. The van der Waals surface area contributed by atoms with Crippen molar-refractivity contribution < 1.29 is 9.13 Å². The van der Waals surface area contributed by atoms with Crippen LogP contribution in [0.25, 0.3) is 16.9 Å². The zero-order valence-electron chi connectivity index (χ0n) is 17.6. The standard InChI is InChI=1S/C23H22FN7O/c1-16-4-2-5-17(12-16)14-26-29-21-20-22(28-23(27-21)30-8-10-32-11-9-30)31(15-25-20)19-7-3-6-18(24)13-19/h2-7,12-15H,8-11H2,1H3,(H,27,28,29)/b26-14+. The van der Waals surface area contributed by atoms with Crippen molar-refractivity contribution in [1.82, 2.24) is 19.5 Å². The monoisotopic (exact) mass is 431 g/mol. The highest BCUT2D eigenvalue weighted by Crippen LogP contribution is 2.25. The first-order valence-corrected chi connectivity index (χ1v) is 10.4. The summed E-state index contributed by atoms with van der Waals surface area (Å²) in [5.41, 5.74) is 6.90. The summed E-state index contributed by atoms with van der Waals surface area (Å²) in [4.78, 5) is 16.0. The Morgan fingerprint density at radius 1 is 1.09 bits per heavy atom. The summed E-state index contributed by atoms with van der Waals surface area (Å²) in [5, 5.41) is 4.37. The number of hydrogen-bond acceptors (Lipinski definition) is 7. The number of rotatable bonds is 5. The minimum Gasteiger partial charge on any atom is -0.378 e. The molecule has 5 rings (SSSR count). The van der Waals surface area contributed by atoms with E-state index < -0.39 is 0 Å². The van der Waals surface area contributed by atoms with E-state index in [0.29, 0.717) is 54.9 Å². The Kier molecular flexibility index (Phi) is 5.47. The van der Waals surface area contributed by atoms with Crippen molar-refractivity contribution >= 4 is 29.1 Å². The van der Waals surface area contributed by atoms with Gasteiger partial charge < -0.3 is 9.64 Å². The minimum absolute atomic E-state index is 0.326. The molecule has 9 heteroatoms. The van der Waals surface area contributed by atoms with Crippen LogP contribution in [0.1, 0.15) is 11.1 Å². The molecule has 0 bridgehead atoms. The number of ether oxygens (including phenoxy) is 1. The van der Waals surface area contributed by atoms with Gasteiger partial charge in [-0.05, 0) is 30.7 Å². The number of anilines is 2. The van der Waals surface area contributed by atoms with Gasteiger partial charge in [-0.1, -0.05) is 35.9 Å². The molecule has 3 heterocycles. The predicted molar refractivity (Wildman–Crippen MR) is 122 cm³/mol. The molecule has 0 amide bonds. The summed E-state index contributed by atoms with van der Waals surface area (Å²) in [6.45, 7) is 4.63. The van der Waals surface area contributed by atoms with Gasteiger partial charge in [-0.3, -0.25) is 9.99 Å². The van der Waals surface area contributed by atoms with Crippen molar-refractivity contribution in [1.29, 1.82) is 0 Å². The zero-order chi connectivity index (χ0) is 21.9. The van der Waals surface area contributed by atoms with Gasteiger partial charge in [0.15, 0.2) is 17.0 Å². The Hall–Kier alpha value is -3.85. The fourth-order valence-corrected chi connectivity index (χ4v) is 3.60. The van der Waals surface area contributed by atoms with E-state index in [1.54, 1.807) is 23.2 Å². The van der Waals surface area contributed by atoms with Gasteiger partial charge in [0.25, 0.3) is 0 Å². The molecule has 1 saturated heterocycles. The molecule has 0 spiro atoms. The number of hydrogen-bond donors (Lipinski definition) is 1. The van der Waals surface area contributed by atoms with Crippen LogP contribution < -0.4 is 10.3 Å². The summed E-state index contributed by atoms with van der Waals surface area (Å²) in [6.07, 6.45) is 3.35. The Bertz CT molecular complexity index is 1280. The van der Waals surface area contributed by atoms with Crippen molar-refractivity contribution in [3.05, 3.63) is 71.8 Å². The molecule has 1 aliphatic heterocycles. The van der Waals surface area contributed by atoms with Crippen molar-refractivity contribution in [2.45, 2.75) is 6.92 Å². The first-order valence-electron chi connectivity index (χ1n) is 10.4. The molecule has 162 valence electrons. The molecule has 0 radical (unpaired) electrons. The number of hydrazone groups is 1. The largest absolute Gasteiger partial charge is 0.378 e. The van der Waals surface area contributed by atoms with Gasteiger partial charge in [0.2, 0.25) is 5.95 Å². The van der Waals surface area contributed by atoms with E-state index >= 15 is 0 Å². The second-order valence-corrected chi connectivity index (χ2v) is 7.52. The maximum absolute atomic E-state index is 13.8. The number of aromatic nitrogens is 4. The quantitative estimate of drug-likeness (QED) is 0.385. The maximum atomic E-state index is 13.8. The zero-order valence-corrected chi connectivity index (χ0v) is 17.6. The summed E-state index contributed by atoms with van der Waals surface area (Å²) in [5.74, 6) is 0.704. The smallest absolute Gasteiger partial charge is 0.229 e. The first-order chi connectivity index (χ1) is 15.7. The second kappa shape index (κ2) is 8.72. The minimum atomic E-state index is -0.326. The topological polar surface area (TPSA) is 80.5 Å². The number of morpholine rings is 1. The number of benzene rings is 2. The van der Waals surface area contributed by atoms with E-state index in [1.807, 2.05) is 37.3 Å². The fraction of sp³-hybridized carbons (Fsp3) is 0.217. The average molecular weight is 431 g/mol. The van der Waals surface area contributed by atoms with E-state index in [-0.39, 0.29) is 5.82 Å². The lowest BCUT2D eigenvalue weighted by molar-refractivity contribution is 0.122. The van der Waals surface area contributed by atoms with Crippen LogP contribution in [-0.2, 0) is 4.74 Å². The highest BCUT2D eigenvalue weighted by Gasteiger charge is 2.19. The normalized spacial score (nSPS) is 14.4. The molecule has 8 nitrogen and oxygen atoms in total. The number of nitrogens with one attached hydrogen (secondary N) is 1. The number of imidazole rings is 1. The lowest BCUT2D eigenvalue weighted by atomic mass is 10.2. The first kappa shape index (κ1) is 20.1. The van der Waals surface area contributed by atoms with Crippen LogP contribution in [0.4, 0.5) is 16.2 Å². The Balaban J connectivity index is 1.55. The van der Waals surface area contributed by atoms with Crippen molar-refractivity contribution in [3.8, 4) is 5.69 Å². The van der Waals surface area contributed by atoms with E-state index in [1.165, 1.54) is 12.1 Å². The molecular formula is C23H22FN7O. The molecule has 1 aliphatic rings. The lowest BCUT2D eigenvalue weighted by Gasteiger charge is -2.27. The summed E-state index contributed by atoms with van der Waals surface area (Å²) < 4.78 is 21.1. The Labute approximate surface area is 184 Å². The molecule has 2 aromatic carbocycles. The molecule has 0 saturated carbocycles. The summed E-state index contributed by atoms with van der Waals surface area (Å²) in [7, 11) is 0. The van der Waals surface area contributed by atoms with Gasteiger partial charge in [0.05, 0.1) is 25.1 Å². The van der Waals surface area contributed by atoms with Gasteiger partial charge in [-0.2, -0.15) is 15.1 Å².